The number of carbonyl (C=O) groups is 4. The van der Waals surface area contributed by atoms with Crippen LogP contribution in [0.1, 0.15) is 43.0 Å². The fourth-order valence-electron chi connectivity index (χ4n) is 3.31. The van der Waals surface area contributed by atoms with Crippen LogP contribution in [-0.2, 0) is 14.3 Å². The highest BCUT2D eigenvalue weighted by molar-refractivity contribution is 6.08. The number of rotatable bonds is 4. The van der Waals surface area contributed by atoms with Crippen LogP contribution in [0.15, 0.2) is 24.3 Å². The van der Waals surface area contributed by atoms with Gasteiger partial charge in [0.15, 0.2) is 6.61 Å². The molecule has 1 saturated heterocycles. The van der Waals surface area contributed by atoms with Crippen LogP contribution in [0.4, 0.5) is 9.18 Å². The van der Waals surface area contributed by atoms with Crippen LogP contribution in [0.25, 0.3) is 0 Å². The first-order valence-electron chi connectivity index (χ1n) is 8.70. The highest BCUT2D eigenvalue weighted by Gasteiger charge is 2.52. The number of amides is 4. The largest absolute Gasteiger partial charge is 0.452 e. The molecule has 0 aromatic heterocycles. The lowest BCUT2D eigenvalue weighted by molar-refractivity contribution is -0.141. The molecule has 8 nitrogen and oxygen atoms in total. The zero-order chi connectivity index (χ0) is 19.6. The molecule has 1 aromatic carbocycles. The van der Waals surface area contributed by atoms with Crippen molar-refractivity contribution in [3.63, 3.8) is 0 Å². The summed E-state index contributed by atoms with van der Waals surface area (Å²) in [4.78, 5) is 48.5. The summed E-state index contributed by atoms with van der Waals surface area (Å²) in [6.07, 6.45) is 2.61. The third kappa shape index (κ3) is 3.76. The number of nitrogens with zero attached hydrogens (tertiary/aromatic N) is 1. The molecule has 9 heteroatoms. The fourth-order valence-corrected chi connectivity index (χ4v) is 3.31. The molecule has 4 amide bonds. The van der Waals surface area contributed by atoms with Gasteiger partial charge in [0.2, 0.25) is 0 Å². The number of carbonyl (C=O) groups excluding carboxylic acids is 4. The predicted octanol–water partition coefficient (Wildman–Crippen LogP) is 1.51. The minimum atomic E-state index is -1.02. The Kier molecular flexibility index (Phi) is 5.11. The molecule has 1 aromatic rings. The van der Waals surface area contributed by atoms with E-state index < -0.39 is 41.8 Å². The van der Waals surface area contributed by atoms with Crippen molar-refractivity contribution in [1.29, 1.82) is 0 Å². The molecule has 1 heterocycles. The summed E-state index contributed by atoms with van der Waals surface area (Å²) in [5.41, 5.74) is 0.849. The molecule has 144 valence electrons. The molecular weight excluding hydrogens is 357 g/mol. The zero-order valence-electron chi connectivity index (χ0n) is 14.8. The van der Waals surface area contributed by atoms with Crippen molar-refractivity contribution in [2.24, 2.45) is 5.92 Å². The van der Waals surface area contributed by atoms with Crippen molar-refractivity contribution >= 4 is 23.8 Å². The van der Waals surface area contributed by atoms with E-state index in [4.69, 9.17) is 4.74 Å². The minimum Gasteiger partial charge on any atom is -0.452 e. The fraction of sp³-hybridized carbons (Fsp3) is 0.444. The second-order valence-corrected chi connectivity index (χ2v) is 6.93. The van der Waals surface area contributed by atoms with Crippen LogP contribution >= 0.6 is 0 Å². The average Bonchev–Trinajstić information content (AvgIpc) is 2.87. The highest BCUT2D eigenvalue weighted by Crippen LogP contribution is 2.35. The molecule has 27 heavy (non-hydrogen) atoms. The lowest BCUT2D eigenvalue weighted by Crippen LogP contribution is -2.52. The summed E-state index contributed by atoms with van der Waals surface area (Å²) in [5, 5.41) is 3.28. The Morgan fingerprint density at radius 1 is 1.30 bits per heavy atom. The van der Waals surface area contributed by atoms with E-state index in [-0.39, 0.29) is 5.56 Å². The van der Waals surface area contributed by atoms with Crippen LogP contribution in [0, 0.1) is 11.7 Å². The second-order valence-electron chi connectivity index (χ2n) is 6.93. The standard InChI is InChI=1S/C18H20FN3O5/c1-11-6-8-18(9-7-11)16(25)22(17(26)20-18)21-14(23)10-27-15(24)12-4-2-3-5-13(12)19/h2-5,11H,6-10H2,1H3,(H,20,26)(H,21,23). The van der Waals surface area contributed by atoms with Crippen LogP contribution in [0.2, 0.25) is 0 Å². The number of imide groups is 1. The molecule has 0 radical (unpaired) electrons. The number of benzene rings is 1. The molecule has 1 saturated carbocycles. The van der Waals surface area contributed by atoms with Gasteiger partial charge in [0, 0.05) is 0 Å². The summed E-state index contributed by atoms with van der Waals surface area (Å²) in [6, 6.07) is 4.47. The first kappa shape index (κ1) is 18.8. The number of nitrogens with one attached hydrogen (secondary N) is 2. The normalized spacial score (nSPS) is 24.7. The Morgan fingerprint density at radius 2 is 1.96 bits per heavy atom. The van der Waals surface area contributed by atoms with E-state index in [2.05, 4.69) is 17.7 Å². The number of hydrogen-bond acceptors (Lipinski definition) is 5. The van der Waals surface area contributed by atoms with Gasteiger partial charge in [0.05, 0.1) is 5.56 Å². The predicted molar refractivity (Wildman–Crippen MR) is 90.6 cm³/mol. The smallest absolute Gasteiger partial charge is 0.344 e. The van der Waals surface area contributed by atoms with Crippen molar-refractivity contribution in [2.75, 3.05) is 6.61 Å². The van der Waals surface area contributed by atoms with Gasteiger partial charge in [-0.25, -0.2) is 14.0 Å². The van der Waals surface area contributed by atoms with Crippen LogP contribution in [-0.4, -0.2) is 41.0 Å². The molecule has 1 aliphatic heterocycles. The quantitative estimate of drug-likeness (QED) is 0.611. The van der Waals surface area contributed by atoms with Crippen LogP contribution in [0.5, 0.6) is 0 Å². The van der Waals surface area contributed by atoms with Gasteiger partial charge in [0.1, 0.15) is 11.4 Å². The number of halogens is 1. The molecule has 0 atom stereocenters. The van der Waals surface area contributed by atoms with Gasteiger partial charge in [-0.1, -0.05) is 19.1 Å². The van der Waals surface area contributed by atoms with Crippen LogP contribution < -0.4 is 10.7 Å². The SMILES string of the molecule is CC1CCC2(CC1)NC(=O)N(NC(=O)COC(=O)c1ccccc1F)C2=O. The average molecular weight is 377 g/mol. The summed E-state index contributed by atoms with van der Waals surface area (Å²) >= 11 is 0. The van der Waals surface area contributed by atoms with E-state index in [1.54, 1.807) is 0 Å². The zero-order valence-corrected chi connectivity index (χ0v) is 14.8. The van der Waals surface area contributed by atoms with Crippen molar-refractivity contribution in [3.8, 4) is 0 Å². The summed E-state index contributed by atoms with van der Waals surface area (Å²) in [5.74, 6) is -2.71. The third-order valence-corrected chi connectivity index (χ3v) is 4.95. The van der Waals surface area contributed by atoms with Crippen molar-refractivity contribution < 1.29 is 28.3 Å². The van der Waals surface area contributed by atoms with E-state index in [0.29, 0.717) is 23.8 Å². The van der Waals surface area contributed by atoms with Gasteiger partial charge in [-0.2, -0.15) is 5.01 Å². The molecule has 2 fully saturated rings. The number of ether oxygens (including phenoxy) is 1. The molecule has 0 unspecified atom stereocenters. The van der Waals surface area contributed by atoms with Crippen molar-refractivity contribution in [3.05, 3.63) is 35.6 Å². The van der Waals surface area contributed by atoms with Crippen molar-refractivity contribution in [1.82, 2.24) is 15.8 Å². The maximum absolute atomic E-state index is 13.5. The summed E-state index contributed by atoms with van der Waals surface area (Å²) in [7, 11) is 0. The molecule has 1 spiro atoms. The first-order chi connectivity index (χ1) is 12.8. The first-order valence-corrected chi connectivity index (χ1v) is 8.70. The Bertz CT molecular complexity index is 789. The maximum Gasteiger partial charge on any atom is 0.344 e. The van der Waals surface area contributed by atoms with Crippen molar-refractivity contribution in [2.45, 2.75) is 38.1 Å². The molecule has 3 rings (SSSR count). The van der Waals surface area contributed by atoms with Crippen LogP contribution in [0.3, 0.4) is 0 Å². The lowest BCUT2D eigenvalue weighted by Gasteiger charge is -2.33. The summed E-state index contributed by atoms with van der Waals surface area (Å²) < 4.78 is 18.3. The molecule has 0 bridgehead atoms. The number of esters is 1. The maximum atomic E-state index is 13.5. The van der Waals surface area contributed by atoms with Gasteiger partial charge in [-0.3, -0.25) is 15.0 Å². The van der Waals surface area contributed by atoms with E-state index in [1.165, 1.54) is 18.2 Å². The Hall–Kier alpha value is -2.97. The highest BCUT2D eigenvalue weighted by atomic mass is 19.1. The Morgan fingerprint density at radius 3 is 2.63 bits per heavy atom. The van der Waals surface area contributed by atoms with E-state index in [0.717, 1.165) is 18.9 Å². The third-order valence-electron chi connectivity index (χ3n) is 4.95. The number of hydrogen-bond donors (Lipinski definition) is 2. The van der Waals surface area contributed by atoms with Gasteiger partial charge in [-0.05, 0) is 43.7 Å². The van der Waals surface area contributed by atoms with Gasteiger partial charge in [-0.15, -0.1) is 0 Å². The minimum absolute atomic E-state index is 0.310. The Labute approximate surface area is 155 Å². The van der Waals surface area contributed by atoms with Gasteiger partial charge in [0.25, 0.3) is 11.8 Å². The summed E-state index contributed by atoms with van der Waals surface area (Å²) in [6.45, 7) is 1.33. The lowest BCUT2D eigenvalue weighted by atomic mass is 9.77. The second kappa shape index (κ2) is 7.34. The van der Waals surface area contributed by atoms with E-state index in [1.807, 2.05) is 0 Å². The number of hydrazine groups is 1. The molecular formula is C18H20FN3O5. The molecule has 1 aliphatic carbocycles. The van der Waals surface area contributed by atoms with E-state index >= 15 is 0 Å². The van der Waals surface area contributed by atoms with Gasteiger partial charge < -0.3 is 10.1 Å². The van der Waals surface area contributed by atoms with Gasteiger partial charge >= 0.3 is 12.0 Å². The Balaban J connectivity index is 1.56. The monoisotopic (exact) mass is 377 g/mol. The number of urea groups is 1. The molecule has 2 aliphatic rings. The van der Waals surface area contributed by atoms with E-state index in [9.17, 15) is 23.6 Å². The topological polar surface area (TPSA) is 105 Å². The molecule has 2 N–H and O–H groups in total.